The van der Waals surface area contributed by atoms with Crippen molar-refractivity contribution in [3.05, 3.63) is 0 Å². The standard InChI is InChI=1S/C15H29N3O/c1-2-17-9-11-18(12-10-17)15(19)14-5-3-13(4-6-14)7-8-16/h13-14H,2-12,16H2,1H3. The zero-order chi connectivity index (χ0) is 13.7. The first kappa shape index (κ1) is 14.8. The number of piperazine rings is 1. The van der Waals surface area contributed by atoms with E-state index in [1.807, 2.05) is 0 Å². The van der Waals surface area contributed by atoms with E-state index in [9.17, 15) is 4.79 Å². The van der Waals surface area contributed by atoms with Crippen molar-refractivity contribution in [3.63, 3.8) is 0 Å². The van der Waals surface area contributed by atoms with Gasteiger partial charge >= 0.3 is 0 Å². The number of nitrogens with two attached hydrogens (primary N) is 1. The maximum absolute atomic E-state index is 12.5. The van der Waals surface area contributed by atoms with Gasteiger partial charge in [0.05, 0.1) is 0 Å². The highest BCUT2D eigenvalue weighted by molar-refractivity contribution is 5.79. The lowest BCUT2D eigenvalue weighted by atomic mass is 9.80. The van der Waals surface area contributed by atoms with Crippen LogP contribution in [0.3, 0.4) is 0 Å². The lowest BCUT2D eigenvalue weighted by Crippen LogP contribution is -2.50. The maximum Gasteiger partial charge on any atom is 0.225 e. The predicted octanol–water partition coefficient (Wildman–Crippen LogP) is 1.31. The highest BCUT2D eigenvalue weighted by atomic mass is 16.2. The van der Waals surface area contributed by atoms with Gasteiger partial charge in [0.25, 0.3) is 0 Å². The summed E-state index contributed by atoms with van der Waals surface area (Å²) in [7, 11) is 0. The van der Waals surface area contributed by atoms with Crippen LogP contribution in [0.2, 0.25) is 0 Å². The Morgan fingerprint density at radius 2 is 1.74 bits per heavy atom. The Kier molecular flexibility index (Phi) is 5.64. The lowest BCUT2D eigenvalue weighted by molar-refractivity contribution is -0.138. The van der Waals surface area contributed by atoms with Crippen LogP contribution in [0.1, 0.15) is 39.0 Å². The van der Waals surface area contributed by atoms with Crippen LogP contribution in [0.5, 0.6) is 0 Å². The van der Waals surface area contributed by atoms with Crippen LogP contribution in [0.15, 0.2) is 0 Å². The Bertz CT molecular complexity index is 279. The van der Waals surface area contributed by atoms with E-state index < -0.39 is 0 Å². The van der Waals surface area contributed by atoms with E-state index in [1.54, 1.807) is 0 Å². The highest BCUT2D eigenvalue weighted by Crippen LogP contribution is 2.31. The summed E-state index contributed by atoms with van der Waals surface area (Å²) < 4.78 is 0. The number of nitrogens with zero attached hydrogens (tertiary/aromatic N) is 2. The summed E-state index contributed by atoms with van der Waals surface area (Å²) in [6.45, 7) is 8.03. The third-order valence-electron chi connectivity index (χ3n) is 4.90. The fourth-order valence-corrected chi connectivity index (χ4v) is 3.48. The fourth-order valence-electron chi connectivity index (χ4n) is 3.48. The molecule has 2 aliphatic rings. The molecule has 0 spiro atoms. The third-order valence-corrected chi connectivity index (χ3v) is 4.90. The minimum atomic E-state index is 0.294. The number of carbonyl (C=O) groups excluding carboxylic acids is 1. The molecule has 2 rings (SSSR count). The van der Waals surface area contributed by atoms with Gasteiger partial charge in [-0.2, -0.15) is 0 Å². The maximum atomic E-state index is 12.5. The first-order valence-electron chi connectivity index (χ1n) is 7.95. The minimum Gasteiger partial charge on any atom is -0.340 e. The molecule has 1 saturated heterocycles. The average Bonchev–Trinajstić information content (AvgIpc) is 2.48. The molecule has 19 heavy (non-hydrogen) atoms. The van der Waals surface area contributed by atoms with E-state index in [2.05, 4.69) is 16.7 Å². The quantitative estimate of drug-likeness (QED) is 0.835. The van der Waals surface area contributed by atoms with Gasteiger partial charge in [0.1, 0.15) is 0 Å². The van der Waals surface area contributed by atoms with E-state index in [1.165, 1.54) is 12.8 Å². The molecule has 110 valence electrons. The van der Waals surface area contributed by atoms with Crippen molar-refractivity contribution in [1.29, 1.82) is 0 Å². The molecule has 1 aliphatic carbocycles. The second-order valence-corrected chi connectivity index (χ2v) is 6.05. The summed E-state index contributed by atoms with van der Waals surface area (Å²) in [5, 5.41) is 0. The molecule has 1 saturated carbocycles. The molecule has 0 atom stereocenters. The number of hydrogen-bond donors (Lipinski definition) is 1. The molecule has 2 N–H and O–H groups in total. The van der Waals surface area contributed by atoms with Crippen molar-refractivity contribution in [1.82, 2.24) is 9.80 Å². The van der Waals surface area contributed by atoms with Gasteiger partial charge in [0.15, 0.2) is 0 Å². The van der Waals surface area contributed by atoms with Gasteiger partial charge in [0.2, 0.25) is 5.91 Å². The van der Waals surface area contributed by atoms with Crippen LogP contribution >= 0.6 is 0 Å². The SMILES string of the molecule is CCN1CCN(C(=O)C2CCC(CCN)CC2)CC1. The van der Waals surface area contributed by atoms with E-state index >= 15 is 0 Å². The lowest BCUT2D eigenvalue weighted by Gasteiger charge is -2.37. The topological polar surface area (TPSA) is 49.6 Å². The third kappa shape index (κ3) is 3.93. The zero-order valence-corrected chi connectivity index (χ0v) is 12.3. The monoisotopic (exact) mass is 267 g/mol. The second-order valence-electron chi connectivity index (χ2n) is 6.05. The van der Waals surface area contributed by atoms with E-state index in [-0.39, 0.29) is 0 Å². The van der Waals surface area contributed by atoms with Crippen LogP contribution < -0.4 is 5.73 Å². The van der Waals surface area contributed by atoms with Crippen LogP contribution in [0.4, 0.5) is 0 Å². The molecular weight excluding hydrogens is 238 g/mol. The summed E-state index contributed by atoms with van der Waals surface area (Å²) >= 11 is 0. The van der Waals surface area contributed by atoms with Gasteiger partial charge in [-0.15, -0.1) is 0 Å². The zero-order valence-electron chi connectivity index (χ0n) is 12.3. The van der Waals surface area contributed by atoms with E-state index in [0.717, 1.165) is 64.4 Å². The fraction of sp³-hybridized carbons (Fsp3) is 0.933. The van der Waals surface area contributed by atoms with Crippen molar-refractivity contribution in [2.45, 2.75) is 39.0 Å². The first-order valence-corrected chi connectivity index (χ1v) is 7.95. The van der Waals surface area contributed by atoms with Gasteiger partial charge in [-0.25, -0.2) is 0 Å². The molecule has 0 bridgehead atoms. The number of likely N-dealkylation sites (N-methyl/N-ethyl adjacent to an activating group) is 1. The summed E-state index contributed by atoms with van der Waals surface area (Å²) in [6.07, 6.45) is 5.69. The second kappa shape index (κ2) is 7.25. The number of amides is 1. The molecular formula is C15H29N3O. The Morgan fingerprint density at radius 3 is 2.26 bits per heavy atom. The summed E-state index contributed by atoms with van der Waals surface area (Å²) in [4.78, 5) is 17.0. The van der Waals surface area contributed by atoms with Crippen LogP contribution in [0.25, 0.3) is 0 Å². The Balaban J connectivity index is 1.75. The molecule has 1 amide bonds. The smallest absolute Gasteiger partial charge is 0.225 e. The first-order chi connectivity index (χ1) is 9.24. The normalized spacial score (nSPS) is 29.5. The van der Waals surface area contributed by atoms with Gasteiger partial charge in [-0.3, -0.25) is 4.79 Å². The van der Waals surface area contributed by atoms with Crippen LogP contribution in [0, 0.1) is 11.8 Å². The van der Waals surface area contributed by atoms with Crippen LogP contribution in [-0.2, 0) is 4.79 Å². The van der Waals surface area contributed by atoms with Crippen molar-refractivity contribution in [3.8, 4) is 0 Å². The molecule has 0 aromatic heterocycles. The molecule has 1 heterocycles. The number of rotatable bonds is 4. The molecule has 0 aromatic rings. The Morgan fingerprint density at radius 1 is 1.11 bits per heavy atom. The van der Waals surface area contributed by atoms with E-state index in [4.69, 9.17) is 5.73 Å². The largest absolute Gasteiger partial charge is 0.340 e. The molecule has 0 unspecified atom stereocenters. The number of carbonyl (C=O) groups is 1. The van der Waals surface area contributed by atoms with Crippen molar-refractivity contribution in [2.75, 3.05) is 39.3 Å². The predicted molar refractivity (Wildman–Crippen MR) is 77.8 cm³/mol. The van der Waals surface area contributed by atoms with Gasteiger partial charge in [-0.1, -0.05) is 6.92 Å². The molecule has 0 aromatic carbocycles. The van der Waals surface area contributed by atoms with Crippen molar-refractivity contribution in [2.24, 2.45) is 17.6 Å². The molecule has 4 nitrogen and oxygen atoms in total. The van der Waals surface area contributed by atoms with E-state index in [0.29, 0.717) is 11.8 Å². The van der Waals surface area contributed by atoms with Gasteiger partial charge in [0, 0.05) is 32.1 Å². The van der Waals surface area contributed by atoms with Crippen molar-refractivity contribution >= 4 is 5.91 Å². The summed E-state index contributed by atoms with van der Waals surface area (Å²) in [5.41, 5.74) is 5.62. The van der Waals surface area contributed by atoms with Gasteiger partial charge < -0.3 is 15.5 Å². The summed E-state index contributed by atoms with van der Waals surface area (Å²) in [5.74, 6) is 1.48. The Hall–Kier alpha value is -0.610. The number of hydrogen-bond acceptors (Lipinski definition) is 3. The molecule has 0 radical (unpaired) electrons. The van der Waals surface area contributed by atoms with Gasteiger partial charge in [-0.05, 0) is 51.1 Å². The minimum absolute atomic E-state index is 0.294. The highest BCUT2D eigenvalue weighted by Gasteiger charge is 2.30. The average molecular weight is 267 g/mol. The Labute approximate surface area is 117 Å². The van der Waals surface area contributed by atoms with Crippen molar-refractivity contribution < 1.29 is 4.79 Å². The van der Waals surface area contributed by atoms with Crippen LogP contribution in [-0.4, -0.2) is 55.0 Å². The molecule has 4 heteroatoms. The molecule has 1 aliphatic heterocycles. The molecule has 2 fully saturated rings. The summed E-state index contributed by atoms with van der Waals surface area (Å²) in [6, 6.07) is 0.